The first-order chi connectivity index (χ1) is 10.2. The van der Waals surface area contributed by atoms with Crippen molar-refractivity contribution in [1.82, 2.24) is 10.2 Å². The Labute approximate surface area is 128 Å². The topological polar surface area (TPSA) is 41.6 Å². The van der Waals surface area contributed by atoms with E-state index in [1.165, 1.54) is 32.1 Å². The van der Waals surface area contributed by atoms with E-state index in [9.17, 15) is 4.79 Å². The molecule has 4 unspecified atom stereocenters. The fourth-order valence-electron chi connectivity index (χ4n) is 4.54. The molecule has 0 aromatic rings. The van der Waals surface area contributed by atoms with Crippen molar-refractivity contribution in [3.05, 3.63) is 0 Å². The van der Waals surface area contributed by atoms with E-state index in [-0.39, 0.29) is 12.0 Å². The number of rotatable bonds is 3. The van der Waals surface area contributed by atoms with E-state index in [2.05, 4.69) is 5.32 Å². The summed E-state index contributed by atoms with van der Waals surface area (Å²) in [6.07, 6.45) is 9.23. The highest BCUT2D eigenvalue weighted by molar-refractivity contribution is 5.78. The number of fused-ring (bicyclic) bond motifs is 1. The van der Waals surface area contributed by atoms with Gasteiger partial charge >= 0.3 is 0 Å². The number of hydrogen-bond acceptors (Lipinski definition) is 3. The molecule has 1 amide bonds. The maximum absolute atomic E-state index is 12.7. The average molecular weight is 294 g/mol. The zero-order chi connectivity index (χ0) is 14.7. The summed E-state index contributed by atoms with van der Waals surface area (Å²) in [6, 6.07) is 0. The second-order valence-electron chi connectivity index (χ2n) is 7.23. The molecule has 4 atom stereocenters. The zero-order valence-electron chi connectivity index (χ0n) is 13.4. The number of morpholine rings is 1. The Hall–Kier alpha value is -0.610. The molecule has 120 valence electrons. The van der Waals surface area contributed by atoms with Crippen LogP contribution in [-0.2, 0) is 9.53 Å². The number of ether oxygens (including phenoxy) is 1. The van der Waals surface area contributed by atoms with Crippen LogP contribution in [0.5, 0.6) is 0 Å². The van der Waals surface area contributed by atoms with Gasteiger partial charge in [-0.3, -0.25) is 4.79 Å². The van der Waals surface area contributed by atoms with Gasteiger partial charge in [0, 0.05) is 32.6 Å². The maximum atomic E-state index is 12.7. The monoisotopic (exact) mass is 294 g/mol. The molecule has 1 saturated heterocycles. The van der Waals surface area contributed by atoms with Crippen LogP contribution in [0.1, 0.15) is 44.9 Å². The van der Waals surface area contributed by atoms with Crippen LogP contribution >= 0.6 is 0 Å². The molecular weight excluding hydrogens is 264 g/mol. The number of amides is 1. The molecule has 3 fully saturated rings. The molecule has 1 N–H and O–H groups in total. The third-order valence-electron chi connectivity index (χ3n) is 5.75. The standard InChI is InChI=1S/C17H30N2O2/c1-19(12-16-11-18-8-9-21-16)17(20)15-7-6-13-4-2-3-5-14(13)10-15/h13-16,18H,2-12H2,1H3. The molecule has 4 heteroatoms. The van der Waals surface area contributed by atoms with Crippen molar-refractivity contribution < 1.29 is 9.53 Å². The number of hydrogen-bond donors (Lipinski definition) is 1. The second kappa shape index (κ2) is 7.10. The fourth-order valence-corrected chi connectivity index (χ4v) is 4.54. The summed E-state index contributed by atoms with van der Waals surface area (Å²) in [7, 11) is 1.95. The van der Waals surface area contributed by atoms with Gasteiger partial charge in [-0.1, -0.05) is 25.7 Å². The molecule has 4 nitrogen and oxygen atoms in total. The molecule has 1 heterocycles. The maximum Gasteiger partial charge on any atom is 0.225 e. The van der Waals surface area contributed by atoms with Crippen LogP contribution < -0.4 is 5.32 Å². The predicted molar refractivity (Wildman–Crippen MR) is 83.0 cm³/mol. The van der Waals surface area contributed by atoms with E-state index in [4.69, 9.17) is 4.74 Å². The number of carbonyl (C=O) groups is 1. The van der Waals surface area contributed by atoms with Gasteiger partial charge in [0.25, 0.3) is 0 Å². The van der Waals surface area contributed by atoms with Gasteiger partial charge < -0.3 is 15.0 Å². The van der Waals surface area contributed by atoms with E-state index >= 15 is 0 Å². The van der Waals surface area contributed by atoms with Gasteiger partial charge in [0.1, 0.15) is 0 Å². The molecule has 2 saturated carbocycles. The van der Waals surface area contributed by atoms with Crippen molar-refractivity contribution in [3.8, 4) is 0 Å². The normalized spacial score (nSPS) is 36.8. The molecule has 21 heavy (non-hydrogen) atoms. The summed E-state index contributed by atoms with van der Waals surface area (Å²) >= 11 is 0. The first-order valence-corrected chi connectivity index (χ1v) is 8.81. The van der Waals surface area contributed by atoms with Gasteiger partial charge in [-0.15, -0.1) is 0 Å². The highest BCUT2D eigenvalue weighted by atomic mass is 16.5. The minimum atomic E-state index is 0.165. The van der Waals surface area contributed by atoms with Crippen molar-refractivity contribution in [2.75, 3.05) is 33.3 Å². The summed E-state index contributed by atoms with van der Waals surface area (Å²) in [6.45, 7) is 3.29. The molecule has 2 aliphatic carbocycles. The number of carbonyl (C=O) groups excluding carboxylic acids is 1. The van der Waals surface area contributed by atoms with Crippen molar-refractivity contribution in [2.24, 2.45) is 17.8 Å². The minimum absolute atomic E-state index is 0.165. The van der Waals surface area contributed by atoms with Crippen molar-refractivity contribution in [2.45, 2.75) is 51.0 Å². The van der Waals surface area contributed by atoms with Crippen LogP contribution in [0.15, 0.2) is 0 Å². The van der Waals surface area contributed by atoms with Crippen LogP contribution in [0.2, 0.25) is 0 Å². The van der Waals surface area contributed by atoms with Gasteiger partial charge in [0.15, 0.2) is 0 Å². The Kier molecular flexibility index (Phi) is 5.17. The Morgan fingerprint density at radius 2 is 2.00 bits per heavy atom. The lowest BCUT2D eigenvalue weighted by Crippen LogP contribution is -2.47. The lowest BCUT2D eigenvalue weighted by molar-refractivity contribution is -0.138. The third-order valence-corrected chi connectivity index (χ3v) is 5.75. The summed E-state index contributed by atoms with van der Waals surface area (Å²) in [5, 5.41) is 3.33. The molecule has 1 aliphatic heterocycles. The van der Waals surface area contributed by atoms with Crippen LogP contribution in [0.4, 0.5) is 0 Å². The van der Waals surface area contributed by atoms with E-state index in [1.54, 1.807) is 0 Å². The summed E-state index contributed by atoms with van der Waals surface area (Å²) in [4.78, 5) is 14.6. The first kappa shape index (κ1) is 15.3. The van der Waals surface area contributed by atoms with Gasteiger partial charge in [-0.05, 0) is 31.1 Å². The Balaban J connectivity index is 1.49. The Bertz CT molecular complexity index is 355. The van der Waals surface area contributed by atoms with Crippen molar-refractivity contribution in [3.63, 3.8) is 0 Å². The van der Waals surface area contributed by atoms with Crippen LogP contribution in [0.25, 0.3) is 0 Å². The number of nitrogens with one attached hydrogen (secondary N) is 1. The van der Waals surface area contributed by atoms with Crippen LogP contribution in [0, 0.1) is 17.8 Å². The lowest BCUT2D eigenvalue weighted by Gasteiger charge is -2.40. The predicted octanol–water partition coefficient (Wildman–Crippen LogP) is 2.04. The van der Waals surface area contributed by atoms with Crippen molar-refractivity contribution >= 4 is 5.91 Å². The summed E-state index contributed by atoms with van der Waals surface area (Å²) in [5.74, 6) is 2.36. The molecule has 3 rings (SSSR count). The fraction of sp³-hybridized carbons (Fsp3) is 0.941. The van der Waals surface area contributed by atoms with Crippen LogP contribution in [-0.4, -0.2) is 50.2 Å². The minimum Gasteiger partial charge on any atom is -0.374 e. The van der Waals surface area contributed by atoms with Crippen molar-refractivity contribution in [1.29, 1.82) is 0 Å². The smallest absolute Gasteiger partial charge is 0.225 e. The molecule has 3 aliphatic rings. The van der Waals surface area contributed by atoms with Gasteiger partial charge in [-0.2, -0.15) is 0 Å². The zero-order valence-corrected chi connectivity index (χ0v) is 13.4. The largest absolute Gasteiger partial charge is 0.374 e. The van der Waals surface area contributed by atoms with Crippen LogP contribution in [0.3, 0.4) is 0 Å². The molecule has 0 aromatic carbocycles. The van der Waals surface area contributed by atoms with E-state index in [1.807, 2.05) is 11.9 Å². The number of nitrogens with zero attached hydrogens (tertiary/aromatic N) is 1. The van der Waals surface area contributed by atoms with E-state index in [0.717, 1.165) is 50.9 Å². The second-order valence-corrected chi connectivity index (χ2v) is 7.23. The highest BCUT2D eigenvalue weighted by Crippen LogP contribution is 2.43. The summed E-state index contributed by atoms with van der Waals surface area (Å²) < 4.78 is 5.72. The summed E-state index contributed by atoms with van der Waals surface area (Å²) in [5.41, 5.74) is 0. The molecule has 0 spiro atoms. The molecule has 0 bridgehead atoms. The SMILES string of the molecule is CN(CC1CNCCO1)C(=O)C1CCC2CCCCC2C1. The Morgan fingerprint density at radius 1 is 1.19 bits per heavy atom. The molecular formula is C17H30N2O2. The third kappa shape index (κ3) is 3.78. The molecule has 0 aromatic heterocycles. The Morgan fingerprint density at radius 3 is 2.76 bits per heavy atom. The quantitative estimate of drug-likeness (QED) is 0.866. The van der Waals surface area contributed by atoms with E-state index < -0.39 is 0 Å². The average Bonchev–Trinajstić information content (AvgIpc) is 2.54. The molecule has 0 radical (unpaired) electrons. The van der Waals surface area contributed by atoms with Gasteiger partial charge in [0.05, 0.1) is 12.7 Å². The first-order valence-electron chi connectivity index (χ1n) is 8.81. The number of likely N-dealkylation sites (N-methyl/N-ethyl adjacent to an activating group) is 1. The highest BCUT2D eigenvalue weighted by Gasteiger charge is 2.36. The lowest BCUT2D eigenvalue weighted by atomic mass is 9.67. The van der Waals surface area contributed by atoms with E-state index in [0.29, 0.717) is 5.91 Å². The van der Waals surface area contributed by atoms with Gasteiger partial charge in [0.2, 0.25) is 5.91 Å². The van der Waals surface area contributed by atoms with Gasteiger partial charge in [-0.25, -0.2) is 0 Å².